The summed E-state index contributed by atoms with van der Waals surface area (Å²) in [5, 5.41) is 3.78. The fourth-order valence-corrected chi connectivity index (χ4v) is 2.74. The van der Waals surface area contributed by atoms with Crippen LogP contribution in [0.4, 0.5) is 4.79 Å². The van der Waals surface area contributed by atoms with Crippen molar-refractivity contribution in [1.82, 2.24) is 20.2 Å². The Balaban J connectivity index is 2.00. The molecule has 0 saturated carbocycles. The van der Waals surface area contributed by atoms with Crippen molar-refractivity contribution in [3.05, 3.63) is 35.0 Å². The molecule has 0 unspecified atom stereocenters. The molecular formula is C14H18N4OS. The number of amides is 2. The van der Waals surface area contributed by atoms with E-state index in [1.807, 2.05) is 25.1 Å². The molecule has 0 aliphatic carbocycles. The summed E-state index contributed by atoms with van der Waals surface area (Å²) in [4.78, 5) is 23.0. The van der Waals surface area contributed by atoms with Gasteiger partial charge in [-0.15, -0.1) is 11.3 Å². The molecule has 0 atom stereocenters. The summed E-state index contributed by atoms with van der Waals surface area (Å²) in [6.45, 7) is 2.60. The van der Waals surface area contributed by atoms with Gasteiger partial charge >= 0.3 is 6.03 Å². The molecule has 6 heteroatoms. The van der Waals surface area contributed by atoms with Crippen molar-refractivity contribution in [1.29, 1.82) is 0 Å². The fraction of sp³-hybridized carbons (Fsp3) is 0.357. The highest BCUT2D eigenvalue weighted by Gasteiger charge is 2.10. The number of carbonyl (C=O) groups excluding carboxylic acids is 1. The van der Waals surface area contributed by atoms with Crippen LogP contribution in [0.2, 0.25) is 0 Å². The second-order valence-corrected chi connectivity index (χ2v) is 5.70. The van der Waals surface area contributed by atoms with Gasteiger partial charge in [0.15, 0.2) is 0 Å². The Morgan fingerprint density at radius 1 is 1.40 bits per heavy atom. The molecule has 0 radical (unpaired) electrons. The van der Waals surface area contributed by atoms with E-state index in [9.17, 15) is 4.79 Å². The lowest BCUT2D eigenvalue weighted by Gasteiger charge is -2.11. The molecular weight excluding hydrogens is 272 g/mol. The Morgan fingerprint density at radius 2 is 2.20 bits per heavy atom. The summed E-state index contributed by atoms with van der Waals surface area (Å²) in [5.74, 6) is 0. The lowest BCUT2D eigenvalue weighted by atomic mass is 10.3. The first-order chi connectivity index (χ1) is 9.58. The van der Waals surface area contributed by atoms with Crippen LogP contribution >= 0.6 is 11.3 Å². The van der Waals surface area contributed by atoms with Crippen LogP contribution in [0.15, 0.2) is 24.4 Å². The standard InChI is InChI=1S/C14H18N4OS/c1-10-12(7-9-16-14(19)18(2)3)20-13(17-10)11-6-4-5-8-15-11/h4-6,8H,7,9H2,1-3H3,(H,16,19). The molecule has 0 aromatic carbocycles. The van der Waals surface area contributed by atoms with E-state index in [-0.39, 0.29) is 6.03 Å². The van der Waals surface area contributed by atoms with E-state index >= 15 is 0 Å². The van der Waals surface area contributed by atoms with Gasteiger partial charge in [-0.25, -0.2) is 9.78 Å². The Kier molecular flexibility index (Phi) is 4.68. The van der Waals surface area contributed by atoms with Crippen LogP contribution < -0.4 is 5.32 Å². The van der Waals surface area contributed by atoms with Gasteiger partial charge in [-0.2, -0.15) is 0 Å². The minimum atomic E-state index is -0.0721. The van der Waals surface area contributed by atoms with Crippen molar-refractivity contribution in [2.45, 2.75) is 13.3 Å². The van der Waals surface area contributed by atoms with Gasteiger partial charge in [0.1, 0.15) is 5.01 Å². The summed E-state index contributed by atoms with van der Waals surface area (Å²) in [6.07, 6.45) is 2.55. The van der Waals surface area contributed by atoms with E-state index in [2.05, 4.69) is 15.3 Å². The molecule has 0 aliphatic heterocycles. The number of rotatable bonds is 4. The number of nitrogens with zero attached hydrogens (tertiary/aromatic N) is 3. The largest absolute Gasteiger partial charge is 0.338 e. The number of aryl methyl sites for hydroxylation is 1. The highest BCUT2D eigenvalue weighted by molar-refractivity contribution is 7.15. The molecule has 106 valence electrons. The molecule has 2 aromatic heterocycles. The minimum absolute atomic E-state index is 0.0721. The number of hydrogen-bond donors (Lipinski definition) is 1. The number of aromatic nitrogens is 2. The summed E-state index contributed by atoms with van der Waals surface area (Å²) in [5.41, 5.74) is 1.90. The van der Waals surface area contributed by atoms with Gasteiger partial charge in [-0.1, -0.05) is 6.07 Å². The summed E-state index contributed by atoms with van der Waals surface area (Å²) in [6, 6.07) is 5.73. The molecule has 1 N–H and O–H groups in total. The molecule has 20 heavy (non-hydrogen) atoms. The fourth-order valence-electron chi connectivity index (χ4n) is 1.70. The maximum Gasteiger partial charge on any atom is 0.316 e. The Morgan fingerprint density at radius 3 is 2.85 bits per heavy atom. The highest BCUT2D eigenvalue weighted by Crippen LogP contribution is 2.26. The average Bonchev–Trinajstić information content (AvgIpc) is 2.81. The predicted octanol–water partition coefficient (Wildman–Crippen LogP) is 2.33. The lowest BCUT2D eigenvalue weighted by Crippen LogP contribution is -2.35. The van der Waals surface area contributed by atoms with Crippen LogP contribution in [0.25, 0.3) is 10.7 Å². The number of carbonyl (C=O) groups is 1. The first-order valence-electron chi connectivity index (χ1n) is 6.41. The molecule has 2 aromatic rings. The van der Waals surface area contributed by atoms with Gasteiger partial charge in [-0.3, -0.25) is 4.98 Å². The monoisotopic (exact) mass is 290 g/mol. The SMILES string of the molecule is Cc1nc(-c2ccccn2)sc1CCNC(=O)N(C)C. The van der Waals surface area contributed by atoms with Crippen molar-refractivity contribution in [3.63, 3.8) is 0 Å². The third-order valence-corrected chi connectivity index (χ3v) is 4.05. The third-order valence-electron chi connectivity index (χ3n) is 2.81. The van der Waals surface area contributed by atoms with Gasteiger partial charge < -0.3 is 10.2 Å². The molecule has 2 amide bonds. The number of urea groups is 1. The minimum Gasteiger partial charge on any atom is -0.338 e. The molecule has 2 heterocycles. The first-order valence-corrected chi connectivity index (χ1v) is 7.22. The number of hydrogen-bond acceptors (Lipinski definition) is 4. The van der Waals surface area contributed by atoms with Crippen molar-refractivity contribution >= 4 is 17.4 Å². The first kappa shape index (κ1) is 14.5. The zero-order valence-electron chi connectivity index (χ0n) is 11.9. The second kappa shape index (κ2) is 6.47. The predicted molar refractivity (Wildman–Crippen MR) is 80.9 cm³/mol. The average molecular weight is 290 g/mol. The van der Waals surface area contributed by atoms with Gasteiger partial charge in [0, 0.05) is 38.1 Å². The number of thiazole rings is 1. The van der Waals surface area contributed by atoms with Crippen LogP contribution in [0, 0.1) is 6.92 Å². The van der Waals surface area contributed by atoms with Gasteiger partial charge in [0.05, 0.1) is 11.4 Å². The van der Waals surface area contributed by atoms with Crippen LogP contribution in [0.5, 0.6) is 0 Å². The molecule has 5 nitrogen and oxygen atoms in total. The molecule has 0 fully saturated rings. The summed E-state index contributed by atoms with van der Waals surface area (Å²) in [7, 11) is 3.46. The van der Waals surface area contributed by atoms with Gasteiger partial charge in [0.25, 0.3) is 0 Å². The normalized spacial score (nSPS) is 10.3. The second-order valence-electron chi connectivity index (χ2n) is 4.62. The topological polar surface area (TPSA) is 58.1 Å². The van der Waals surface area contributed by atoms with Gasteiger partial charge in [0.2, 0.25) is 0 Å². The number of pyridine rings is 1. The van der Waals surface area contributed by atoms with Crippen LogP contribution in [-0.2, 0) is 6.42 Å². The Labute approximate surface area is 122 Å². The maximum absolute atomic E-state index is 11.4. The van der Waals surface area contributed by atoms with Crippen LogP contribution in [-0.4, -0.2) is 41.5 Å². The summed E-state index contributed by atoms with van der Waals surface area (Å²) < 4.78 is 0. The van der Waals surface area contributed by atoms with Crippen molar-refractivity contribution in [2.24, 2.45) is 0 Å². The van der Waals surface area contributed by atoms with Crippen molar-refractivity contribution < 1.29 is 4.79 Å². The van der Waals surface area contributed by atoms with E-state index in [4.69, 9.17) is 0 Å². The van der Waals surface area contributed by atoms with Gasteiger partial charge in [-0.05, 0) is 19.1 Å². The number of nitrogens with one attached hydrogen (secondary N) is 1. The summed E-state index contributed by atoms with van der Waals surface area (Å²) >= 11 is 1.63. The van der Waals surface area contributed by atoms with E-state index in [0.717, 1.165) is 22.8 Å². The van der Waals surface area contributed by atoms with Crippen LogP contribution in [0.3, 0.4) is 0 Å². The Bertz CT molecular complexity index is 580. The van der Waals surface area contributed by atoms with E-state index in [0.29, 0.717) is 6.54 Å². The van der Waals surface area contributed by atoms with Crippen molar-refractivity contribution in [3.8, 4) is 10.7 Å². The zero-order chi connectivity index (χ0) is 14.5. The zero-order valence-corrected chi connectivity index (χ0v) is 12.7. The Hall–Kier alpha value is -1.95. The molecule has 0 saturated heterocycles. The van der Waals surface area contributed by atoms with E-state index in [1.54, 1.807) is 31.6 Å². The molecule has 2 rings (SSSR count). The molecule has 0 spiro atoms. The lowest BCUT2D eigenvalue weighted by molar-refractivity contribution is 0.217. The third kappa shape index (κ3) is 3.54. The quantitative estimate of drug-likeness (QED) is 0.940. The van der Waals surface area contributed by atoms with Crippen LogP contribution in [0.1, 0.15) is 10.6 Å². The molecule has 0 aliphatic rings. The smallest absolute Gasteiger partial charge is 0.316 e. The molecule has 0 bridgehead atoms. The maximum atomic E-state index is 11.4. The van der Waals surface area contributed by atoms with E-state index < -0.39 is 0 Å². The highest BCUT2D eigenvalue weighted by atomic mass is 32.1. The van der Waals surface area contributed by atoms with E-state index in [1.165, 1.54) is 9.78 Å². The van der Waals surface area contributed by atoms with Crippen molar-refractivity contribution in [2.75, 3.05) is 20.6 Å².